The Balaban J connectivity index is 1.76. The molecule has 5 nitrogen and oxygen atoms in total. The quantitative estimate of drug-likeness (QED) is 0.722. The van der Waals surface area contributed by atoms with E-state index < -0.39 is 12.0 Å². The van der Waals surface area contributed by atoms with Crippen LogP contribution in [0.1, 0.15) is 25.7 Å². The Morgan fingerprint density at radius 1 is 1.29 bits per heavy atom. The molecule has 2 saturated heterocycles. The van der Waals surface area contributed by atoms with Gasteiger partial charge in [-0.1, -0.05) is 6.42 Å². The van der Waals surface area contributed by atoms with Gasteiger partial charge in [0.05, 0.1) is 0 Å². The monoisotopic (exact) mass is 241 g/mol. The first-order valence-corrected chi connectivity index (χ1v) is 6.61. The van der Waals surface area contributed by atoms with Crippen molar-refractivity contribution in [2.24, 2.45) is 5.73 Å². The Hall–Kier alpha value is -0.650. The Bertz CT molecular complexity index is 266. The van der Waals surface area contributed by atoms with Gasteiger partial charge in [-0.3, -0.25) is 14.6 Å². The van der Waals surface area contributed by atoms with E-state index in [1.54, 1.807) is 0 Å². The van der Waals surface area contributed by atoms with Crippen LogP contribution < -0.4 is 5.73 Å². The van der Waals surface area contributed by atoms with Crippen molar-refractivity contribution in [2.45, 2.75) is 37.8 Å². The minimum atomic E-state index is -0.897. The van der Waals surface area contributed by atoms with Crippen LogP contribution in [0.3, 0.4) is 0 Å². The summed E-state index contributed by atoms with van der Waals surface area (Å²) in [5.41, 5.74) is 5.57. The number of nitrogens with zero attached hydrogens (tertiary/aromatic N) is 2. The lowest BCUT2D eigenvalue weighted by atomic mass is 10.1. The molecule has 0 aromatic carbocycles. The largest absolute Gasteiger partial charge is 0.480 e. The molecule has 2 aliphatic heterocycles. The summed E-state index contributed by atoms with van der Waals surface area (Å²) in [6.07, 6.45) is 5.14. The summed E-state index contributed by atoms with van der Waals surface area (Å²) in [7, 11) is 0. The average Bonchev–Trinajstić information content (AvgIpc) is 2.78. The Morgan fingerprint density at radius 2 is 2.00 bits per heavy atom. The molecule has 0 aromatic rings. The lowest BCUT2D eigenvalue weighted by Gasteiger charge is -2.32. The number of rotatable bonds is 4. The van der Waals surface area contributed by atoms with Gasteiger partial charge >= 0.3 is 5.97 Å². The molecule has 2 rings (SSSR count). The molecule has 2 atom stereocenters. The van der Waals surface area contributed by atoms with E-state index in [2.05, 4.69) is 9.80 Å². The van der Waals surface area contributed by atoms with E-state index in [0.29, 0.717) is 12.6 Å². The van der Waals surface area contributed by atoms with E-state index in [4.69, 9.17) is 10.8 Å². The van der Waals surface area contributed by atoms with Crippen LogP contribution >= 0.6 is 0 Å². The number of likely N-dealkylation sites (tertiary alicyclic amines) is 2. The van der Waals surface area contributed by atoms with Gasteiger partial charge in [0.25, 0.3) is 0 Å². The van der Waals surface area contributed by atoms with E-state index >= 15 is 0 Å². The summed E-state index contributed by atoms with van der Waals surface area (Å²) in [5, 5.41) is 8.79. The molecule has 0 spiro atoms. The van der Waals surface area contributed by atoms with Crippen molar-refractivity contribution in [1.82, 2.24) is 9.80 Å². The zero-order chi connectivity index (χ0) is 12.3. The predicted molar refractivity (Wildman–Crippen MR) is 65.9 cm³/mol. The normalized spacial score (nSPS) is 29.4. The zero-order valence-electron chi connectivity index (χ0n) is 10.3. The van der Waals surface area contributed by atoms with E-state index in [-0.39, 0.29) is 0 Å². The third-order valence-electron chi connectivity index (χ3n) is 3.93. The molecule has 2 heterocycles. The summed E-state index contributed by atoms with van der Waals surface area (Å²) in [6, 6.07) is -0.119. The summed E-state index contributed by atoms with van der Waals surface area (Å²) in [4.78, 5) is 15.5. The Morgan fingerprint density at radius 3 is 2.65 bits per heavy atom. The number of nitrogens with two attached hydrogens (primary N) is 1. The molecule has 0 aliphatic carbocycles. The maximum absolute atomic E-state index is 10.7. The van der Waals surface area contributed by atoms with Gasteiger partial charge in [-0.25, -0.2) is 0 Å². The van der Waals surface area contributed by atoms with Gasteiger partial charge in [0.1, 0.15) is 6.04 Å². The van der Waals surface area contributed by atoms with Crippen LogP contribution in [0.2, 0.25) is 0 Å². The number of carboxylic acids is 1. The first-order valence-electron chi connectivity index (χ1n) is 6.61. The minimum absolute atomic E-state index is 0.486. The van der Waals surface area contributed by atoms with Gasteiger partial charge in [-0.2, -0.15) is 0 Å². The highest BCUT2D eigenvalue weighted by Crippen LogP contribution is 2.20. The summed E-state index contributed by atoms with van der Waals surface area (Å²) >= 11 is 0. The molecule has 2 aliphatic rings. The fraction of sp³-hybridized carbons (Fsp3) is 0.917. The number of carboxylic acid groups (broad SMARTS) is 1. The Labute approximate surface area is 103 Å². The molecular weight excluding hydrogens is 218 g/mol. The SMILES string of the molecule is NC(CN1CCC(N2CCCCC2)C1)C(=O)O. The van der Waals surface area contributed by atoms with Crippen molar-refractivity contribution in [3.63, 3.8) is 0 Å². The number of hydrogen-bond acceptors (Lipinski definition) is 4. The van der Waals surface area contributed by atoms with Gasteiger partial charge < -0.3 is 10.8 Å². The van der Waals surface area contributed by atoms with E-state index in [0.717, 1.165) is 19.5 Å². The van der Waals surface area contributed by atoms with E-state index in [1.807, 2.05) is 0 Å². The molecule has 2 unspecified atom stereocenters. The second-order valence-electron chi connectivity index (χ2n) is 5.24. The maximum atomic E-state index is 10.7. The molecule has 0 aromatic heterocycles. The standard InChI is InChI=1S/C12H23N3O2/c13-11(12(16)17)9-14-7-4-10(8-14)15-5-2-1-3-6-15/h10-11H,1-9,13H2,(H,16,17). The van der Waals surface area contributed by atoms with Crippen molar-refractivity contribution >= 4 is 5.97 Å². The van der Waals surface area contributed by atoms with Crippen LogP contribution in [0, 0.1) is 0 Å². The predicted octanol–water partition coefficient (Wildman–Crippen LogP) is -0.0415. The molecule has 0 amide bonds. The van der Waals surface area contributed by atoms with Gasteiger partial charge in [0.15, 0.2) is 0 Å². The number of hydrogen-bond donors (Lipinski definition) is 2. The summed E-state index contributed by atoms with van der Waals surface area (Å²) in [6.45, 7) is 4.88. The van der Waals surface area contributed by atoms with Gasteiger partial charge in [0.2, 0.25) is 0 Å². The van der Waals surface area contributed by atoms with Crippen LogP contribution in [0.4, 0.5) is 0 Å². The number of piperidine rings is 1. The number of aliphatic carboxylic acids is 1. The molecule has 3 N–H and O–H groups in total. The number of carbonyl (C=O) groups is 1. The minimum Gasteiger partial charge on any atom is -0.480 e. The molecule has 0 radical (unpaired) electrons. The van der Waals surface area contributed by atoms with E-state index in [1.165, 1.54) is 32.4 Å². The fourth-order valence-corrected chi connectivity index (χ4v) is 2.92. The molecular formula is C12H23N3O2. The van der Waals surface area contributed by atoms with Crippen molar-refractivity contribution in [3.05, 3.63) is 0 Å². The molecule has 2 fully saturated rings. The second kappa shape index (κ2) is 5.80. The van der Waals surface area contributed by atoms with Crippen molar-refractivity contribution in [1.29, 1.82) is 0 Å². The van der Waals surface area contributed by atoms with Crippen LogP contribution in [-0.4, -0.2) is 65.7 Å². The van der Waals surface area contributed by atoms with Crippen LogP contribution in [-0.2, 0) is 4.79 Å². The molecule has 0 bridgehead atoms. The second-order valence-corrected chi connectivity index (χ2v) is 5.24. The van der Waals surface area contributed by atoms with Gasteiger partial charge in [-0.05, 0) is 38.9 Å². The maximum Gasteiger partial charge on any atom is 0.321 e. The van der Waals surface area contributed by atoms with Crippen molar-refractivity contribution < 1.29 is 9.90 Å². The lowest BCUT2D eigenvalue weighted by molar-refractivity contribution is -0.138. The smallest absolute Gasteiger partial charge is 0.321 e. The first-order chi connectivity index (χ1) is 8.16. The molecule has 17 heavy (non-hydrogen) atoms. The van der Waals surface area contributed by atoms with Gasteiger partial charge in [-0.15, -0.1) is 0 Å². The zero-order valence-corrected chi connectivity index (χ0v) is 10.3. The van der Waals surface area contributed by atoms with Crippen molar-refractivity contribution in [3.8, 4) is 0 Å². The van der Waals surface area contributed by atoms with Gasteiger partial charge in [0, 0.05) is 19.1 Å². The van der Waals surface area contributed by atoms with Crippen LogP contribution in [0.25, 0.3) is 0 Å². The summed E-state index contributed by atoms with van der Waals surface area (Å²) < 4.78 is 0. The highest BCUT2D eigenvalue weighted by atomic mass is 16.4. The molecule has 98 valence electrons. The fourth-order valence-electron chi connectivity index (χ4n) is 2.92. The third kappa shape index (κ3) is 3.40. The topological polar surface area (TPSA) is 69.8 Å². The lowest BCUT2D eigenvalue weighted by Crippen LogP contribution is -2.44. The highest BCUT2D eigenvalue weighted by molar-refractivity contribution is 5.73. The van der Waals surface area contributed by atoms with Crippen LogP contribution in [0.15, 0.2) is 0 Å². The van der Waals surface area contributed by atoms with E-state index in [9.17, 15) is 4.79 Å². The average molecular weight is 241 g/mol. The van der Waals surface area contributed by atoms with Crippen molar-refractivity contribution in [2.75, 3.05) is 32.7 Å². The summed E-state index contributed by atoms with van der Waals surface area (Å²) in [5.74, 6) is -0.897. The first kappa shape index (κ1) is 12.8. The third-order valence-corrected chi connectivity index (χ3v) is 3.93. The van der Waals surface area contributed by atoms with Crippen LogP contribution in [0.5, 0.6) is 0 Å². The Kier molecular flexibility index (Phi) is 4.36. The molecule has 5 heteroatoms. The molecule has 0 saturated carbocycles. The highest BCUT2D eigenvalue weighted by Gasteiger charge is 2.29.